The molecule has 31 heavy (non-hydrogen) atoms. The van der Waals surface area contributed by atoms with E-state index in [1.165, 1.54) is 25.4 Å². The first kappa shape index (κ1) is 20.5. The lowest BCUT2D eigenvalue weighted by Crippen LogP contribution is -2.29. The van der Waals surface area contributed by atoms with Crippen molar-refractivity contribution < 1.29 is 22.7 Å². The van der Waals surface area contributed by atoms with Crippen molar-refractivity contribution in [3.05, 3.63) is 83.2 Å². The summed E-state index contributed by atoms with van der Waals surface area (Å²) < 4.78 is 34.0. The van der Waals surface area contributed by atoms with Gasteiger partial charge in [-0.1, -0.05) is 24.3 Å². The first-order chi connectivity index (χ1) is 14.8. The first-order valence-corrected chi connectivity index (χ1v) is 10.9. The third-order valence-corrected chi connectivity index (χ3v) is 6.37. The summed E-state index contributed by atoms with van der Waals surface area (Å²) >= 11 is 0. The highest BCUT2D eigenvalue weighted by molar-refractivity contribution is 7.92. The monoisotopic (exact) mass is 437 g/mol. The number of hydrogen-bond donors (Lipinski definition) is 1. The van der Waals surface area contributed by atoms with Gasteiger partial charge < -0.3 is 4.74 Å². The minimum Gasteiger partial charge on any atom is -0.495 e. The van der Waals surface area contributed by atoms with Gasteiger partial charge in [0.25, 0.3) is 21.8 Å². The van der Waals surface area contributed by atoms with E-state index in [1.54, 1.807) is 43.3 Å². The molecule has 1 N–H and O–H groups in total. The van der Waals surface area contributed by atoms with Gasteiger partial charge in [0.2, 0.25) is 0 Å². The van der Waals surface area contributed by atoms with Gasteiger partial charge in [-0.15, -0.1) is 0 Å². The molecular weight excluding hydrogens is 418 g/mol. The van der Waals surface area contributed by atoms with Gasteiger partial charge in [0, 0.05) is 6.20 Å². The van der Waals surface area contributed by atoms with Crippen molar-refractivity contribution in [2.24, 2.45) is 0 Å². The Labute approximate surface area is 179 Å². The van der Waals surface area contributed by atoms with E-state index in [0.717, 1.165) is 10.5 Å². The number of nitrogens with zero attached hydrogens (tertiary/aromatic N) is 2. The van der Waals surface area contributed by atoms with Crippen LogP contribution < -0.4 is 9.46 Å². The number of ether oxygens (including phenoxy) is 1. The molecule has 0 atom stereocenters. The quantitative estimate of drug-likeness (QED) is 0.595. The Bertz CT molecular complexity index is 1270. The SMILES string of the molecule is COc1ccc(CN2C(=O)c3cccnc3C2=O)cc1S(=O)(=O)Nc1ccccc1C. The standard InChI is InChI=1S/C22H19N3O5S/c1-14-6-3-4-8-17(14)24-31(28,29)19-12-15(9-10-18(19)30-2)13-25-21(26)16-7-5-11-23-20(16)22(25)27/h3-12,24H,13H2,1-2H3. The highest BCUT2D eigenvalue weighted by atomic mass is 32.2. The number of rotatable bonds is 6. The zero-order valence-electron chi connectivity index (χ0n) is 16.8. The van der Waals surface area contributed by atoms with Gasteiger partial charge in [-0.05, 0) is 48.4 Å². The van der Waals surface area contributed by atoms with E-state index in [-0.39, 0.29) is 28.4 Å². The van der Waals surface area contributed by atoms with Crippen LogP contribution >= 0.6 is 0 Å². The molecule has 0 spiro atoms. The Morgan fingerprint density at radius 1 is 1.03 bits per heavy atom. The number of benzene rings is 2. The van der Waals surface area contributed by atoms with Crippen LogP contribution in [0, 0.1) is 6.92 Å². The Hall–Kier alpha value is -3.72. The van der Waals surface area contributed by atoms with E-state index in [0.29, 0.717) is 11.3 Å². The van der Waals surface area contributed by atoms with Crippen LogP contribution in [0.25, 0.3) is 0 Å². The molecule has 2 aromatic carbocycles. The third kappa shape index (κ3) is 3.75. The molecule has 0 unspecified atom stereocenters. The summed E-state index contributed by atoms with van der Waals surface area (Å²) in [5, 5.41) is 0. The number of hydrogen-bond acceptors (Lipinski definition) is 6. The van der Waals surface area contributed by atoms with E-state index in [1.807, 2.05) is 6.07 Å². The normalized spacial score (nSPS) is 13.3. The summed E-state index contributed by atoms with van der Waals surface area (Å²) in [7, 11) is -2.62. The van der Waals surface area contributed by atoms with Crippen LogP contribution in [0.15, 0.2) is 65.7 Å². The summed E-state index contributed by atoms with van der Waals surface area (Å²) in [5.41, 5.74) is 1.99. The summed E-state index contributed by atoms with van der Waals surface area (Å²) in [4.78, 5) is 30.1. The van der Waals surface area contributed by atoms with Crippen molar-refractivity contribution >= 4 is 27.5 Å². The van der Waals surface area contributed by atoms with Crippen LogP contribution in [0.4, 0.5) is 5.69 Å². The Morgan fingerprint density at radius 3 is 2.52 bits per heavy atom. The van der Waals surface area contributed by atoms with Crippen LogP contribution in [0.5, 0.6) is 5.75 Å². The van der Waals surface area contributed by atoms with E-state index in [4.69, 9.17) is 4.74 Å². The Morgan fingerprint density at radius 2 is 1.81 bits per heavy atom. The number of amides is 2. The van der Waals surface area contributed by atoms with Crippen molar-refractivity contribution in [3.8, 4) is 5.75 Å². The molecule has 1 aliphatic rings. The molecule has 2 heterocycles. The van der Waals surface area contributed by atoms with Gasteiger partial charge in [-0.3, -0.25) is 24.2 Å². The Balaban J connectivity index is 1.66. The number of carbonyl (C=O) groups excluding carboxylic acids is 2. The number of sulfonamides is 1. The summed E-state index contributed by atoms with van der Waals surface area (Å²) in [5.74, 6) is -0.834. The smallest absolute Gasteiger partial charge is 0.280 e. The fraction of sp³-hybridized carbons (Fsp3) is 0.136. The molecule has 158 valence electrons. The van der Waals surface area contributed by atoms with Crippen LogP contribution in [0.1, 0.15) is 32.0 Å². The number of para-hydroxylation sites is 1. The van der Waals surface area contributed by atoms with Gasteiger partial charge in [-0.2, -0.15) is 0 Å². The molecule has 0 saturated carbocycles. The molecule has 1 aromatic heterocycles. The fourth-order valence-electron chi connectivity index (χ4n) is 3.36. The number of methoxy groups -OCH3 is 1. The second-order valence-corrected chi connectivity index (χ2v) is 8.65. The van der Waals surface area contributed by atoms with Crippen molar-refractivity contribution in [2.45, 2.75) is 18.4 Å². The number of aryl methyl sites for hydroxylation is 1. The average molecular weight is 437 g/mol. The van der Waals surface area contributed by atoms with Crippen molar-refractivity contribution in [3.63, 3.8) is 0 Å². The van der Waals surface area contributed by atoms with Crippen LogP contribution in [-0.2, 0) is 16.6 Å². The minimum absolute atomic E-state index is 0.0921. The molecule has 3 aromatic rings. The Kier molecular flexibility index (Phi) is 5.20. The maximum absolute atomic E-state index is 13.1. The maximum Gasteiger partial charge on any atom is 0.280 e. The predicted octanol–water partition coefficient (Wildman–Crippen LogP) is 3.00. The fourth-order valence-corrected chi connectivity index (χ4v) is 4.71. The second kappa shape index (κ2) is 7.84. The third-order valence-electron chi connectivity index (χ3n) is 4.98. The molecule has 0 aliphatic carbocycles. The predicted molar refractivity (Wildman–Crippen MR) is 113 cm³/mol. The second-order valence-electron chi connectivity index (χ2n) is 7.00. The van der Waals surface area contributed by atoms with Gasteiger partial charge in [-0.25, -0.2) is 8.42 Å². The number of anilines is 1. The van der Waals surface area contributed by atoms with E-state index in [9.17, 15) is 18.0 Å². The van der Waals surface area contributed by atoms with Crippen molar-refractivity contribution in [2.75, 3.05) is 11.8 Å². The molecule has 2 amide bonds. The number of fused-ring (bicyclic) bond motifs is 1. The lowest BCUT2D eigenvalue weighted by Gasteiger charge is -2.17. The molecule has 9 heteroatoms. The topological polar surface area (TPSA) is 106 Å². The number of carbonyl (C=O) groups is 2. The lowest BCUT2D eigenvalue weighted by atomic mass is 10.2. The van der Waals surface area contributed by atoms with E-state index < -0.39 is 21.8 Å². The van der Waals surface area contributed by atoms with E-state index >= 15 is 0 Å². The zero-order valence-corrected chi connectivity index (χ0v) is 17.6. The average Bonchev–Trinajstić information content (AvgIpc) is 3.00. The summed E-state index contributed by atoms with van der Waals surface area (Å²) in [6, 6.07) is 14.6. The van der Waals surface area contributed by atoms with Crippen LogP contribution in [0.3, 0.4) is 0 Å². The van der Waals surface area contributed by atoms with Crippen LogP contribution in [0.2, 0.25) is 0 Å². The molecule has 0 radical (unpaired) electrons. The molecule has 0 fully saturated rings. The highest BCUT2D eigenvalue weighted by Crippen LogP contribution is 2.30. The van der Waals surface area contributed by atoms with Crippen molar-refractivity contribution in [1.29, 1.82) is 0 Å². The molecular formula is C22H19N3O5S. The highest BCUT2D eigenvalue weighted by Gasteiger charge is 2.36. The summed E-state index contributed by atoms with van der Waals surface area (Å²) in [6.07, 6.45) is 1.45. The number of imide groups is 1. The van der Waals surface area contributed by atoms with Crippen molar-refractivity contribution in [1.82, 2.24) is 9.88 Å². The lowest BCUT2D eigenvalue weighted by molar-refractivity contribution is 0.0640. The first-order valence-electron chi connectivity index (χ1n) is 9.38. The number of nitrogens with one attached hydrogen (secondary N) is 1. The van der Waals surface area contributed by atoms with E-state index in [2.05, 4.69) is 9.71 Å². The summed E-state index contributed by atoms with van der Waals surface area (Å²) in [6.45, 7) is 1.70. The van der Waals surface area contributed by atoms with Gasteiger partial charge in [0.1, 0.15) is 16.3 Å². The van der Waals surface area contributed by atoms with Gasteiger partial charge in [0.05, 0.1) is 24.9 Å². The zero-order chi connectivity index (χ0) is 22.2. The van der Waals surface area contributed by atoms with Crippen LogP contribution in [-0.4, -0.2) is 37.2 Å². The van der Waals surface area contributed by atoms with Gasteiger partial charge in [0.15, 0.2) is 0 Å². The number of pyridine rings is 1. The maximum atomic E-state index is 13.1. The number of aromatic nitrogens is 1. The molecule has 0 bridgehead atoms. The molecule has 4 rings (SSSR count). The molecule has 0 saturated heterocycles. The minimum atomic E-state index is -3.99. The van der Waals surface area contributed by atoms with Gasteiger partial charge >= 0.3 is 0 Å². The molecule has 1 aliphatic heterocycles. The largest absolute Gasteiger partial charge is 0.495 e. The molecule has 8 nitrogen and oxygen atoms in total.